The zero-order chi connectivity index (χ0) is 14.0. The van der Waals surface area contributed by atoms with Crippen molar-refractivity contribution < 1.29 is 17.9 Å². The van der Waals surface area contributed by atoms with Crippen LogP contribution in [-0.4, -0.2) is 23.7 Å². The second-order valence-electron chi connectivity index (χ2n) is 3.72. The minimum atomic E-state index is -3.87. The third-order valence-corrected chi connectivity index (χ3v) is 4.42. The fraction of sp³-hybridized carbons (Fsp3) is 0.200. The van der Waals surface area contributed by atoms with Gasteiger partial charge in [0, 0.05) is 5.56 Å². The van der Waals surface area contributed by atoms with E-state index < -0.39 is 22.4 Å². The molecule has 0 amide bonds. The van der Waals surface area contributed by atoms with Crippen molar-refractivity contribution in [3.63, 3.8) is 0 Å². The van der Waals surface area contributed by atoms with Gasteiger partial charge >= 0.3 is 0 Å². The van der Waals surface area contributed by atoms with Gasteiger partial charge in [-0.1, -0.05) is 11.3 Å². The summed E-state index contributed by atoms with van der Waals surface area (Å²) in [4.78, 5) is -0.134. The number of nitrogens with one attached hydrogen (secondary N) is 1. The molecule has 19 heavy (non-hydrogen) atoms. The SMILES string of the molecule is Cc1cc(S(=O)(=O)Nc2nncs2)cc(CO)c1F. The zero-order valence-corrected chi connectivity index (χ0v) is 11.4. The first-order chi connectivity index (χ1) is 8.94. The van der Waals surface area contributed by atoms with Crippen molar-refractivity contribution >= 4 is 26.5 Å². The number of anilines is 1. The summed E-state index contributed by atoms with van der Waals surface area (Å²) in [5, 5.41) is 16.2. The van der Waals surface area contributed by atoms with Crippen molar-refractivity contribution in [2.75, 3.05) is 4.72 Å². The first-order valence-electron chi connectivity index (χ1n) is 5.13. The molecule has 1 heterocycles. The Balaban J connectivity index is 2.43. The van der Waals surface area contributed by atoms with E-state index in [0.717, 1.165) is 17.4 Å². The molecule has 1 aromatic heterocycles. The molecule has 0 fully saturated rings. The number of nitrogens with zero attached hydrogens (tertiary/aromatic N) is 2. The lowest BCUT2D eigenvalue weighted by molar-refractivity contribution is 0.275. The van der Waals surface area contributed by atoms with E-state index in [1.165, 1.54) is 18.5 Å². The molecule has 0 radical (unpaired) electrons. The summed E-state index contributed by atoms with van der Waals surface area (Å²) in [6.45, 7) is 0.854. The predicted molar refractivity (Wildman–Crippen MR) is 67.8 cm³/mol. The van der Waals surface area contributed by atoms with E-state index >= 15 is 0 Å². The normalized spacial score (nSPS) is 11.5. The minimum absolute atomic E-state index is 0.0716. The maximum atomic E-state index is 13.6. The summed E-state index contributed by atoms with van der Waals surface area (Å²) in [5.41, 5.74) is 1.45. The van der Waals surface area contributed by atoms with E-state index in [-0.39, 0.29) is 21.2 Å². The lowest BCUT2D eigenvalue weighted by Gasteiger charge is -2.09. The highest BCUT2D eigenvalue weighted by Crippen LogP contribution is 2.22. The van der Waals surface area contributed by atoms with Crippen molar-refractivity contribution in [2.45, 2.75) is 18.4 Å². The van der Waals surface area contributed by atoms with E-state index in [4.69, 9.17) is 5.11 Å². The van der Waals surface area contributed by atoms with E-state index in [2.05, 4.69) is 14.9 Å². The molecule has 1 aromatic carbocycles. The number of halogens is 1. The Hall–Kier alpha value is -1.58. The van der Waals surface area contributed by atoms with Crippen molar-refractivity contribution in [1.29, 1.82) is 0 Å². The summed E-state index contributed by atoms with van der Waals surface area (Å²) >= 11 is 1.03. The van der Waals surface area contributed by atoms with Crippen LogP contribution < -0.4 is 4.72 Å². The summed E-state index contributed by atoms with van der Waals surface area (Å²) in [6, 6.07) is 2.28. The number of benzene rings is 1. The van der Waals surface area contributed by atoms with Crippen LogP contribution >= 0.6 is 11.3 Å². The highest BCUT2D eigenvalue weighted by Gasteiger charge is 2.19. The third-order valence-electron chi connectivity index (χ3n) is 2.37. The van der Waals surface area contributed by atoms with Crippen LogP contribution in [0.5, 0.6) is 0 Å². The van der Waals surface area contributed by atoms with Crippen LogP contribution in [0.3, 0.4) is 0 Å². The monoisotopic (exact) mass is 303 g/mol. The Morgan fingerprint density at radius 2 is 2.21 bits per heavy atom. The standard InChI is InChI=1S/C10H10FN3O3S2/c1-6-2-8(3-7(4-15)9(6)11)19(16,17)14-10-13-12-5-18-10/h2-3,5,15H,4H2,1H3,(H,13,14). The smallest absolute Gasteiger partial charge is 0.263 e. The third kappa shape index (κ3) is 2.88. The van der Waals surface area contributed by atoms with Gasteiger partial charge in [0.1, 0.15) is 11.3 Å². The van der Waals surface area contributed by atoms with E-state index in [1.54, 1.807) is 0 Å². The van der Waals surface area contributed by atoms with Gasteiger partial charge in [-0.05, 0) is 24.6 Å². The molecule has 102 valence electrons. The van der Waals surface area contributed by atoms with Gasteiger partial charge in [-0.2, -0.15) is 0 Å². The van der Waals surface area contributed by atoms with Crippen molar-refractivity contribution in [3.8, 4) is 0 Å². The average molecular weight is 303 g/mol. The molecule has 0 aliphatic carbocycles. The largest absolute Gasteiger partial charge is 0.392 e. The molecular formula is C10H10FN3O3S2. The molecule has 0 aliphatic rings. The van der Waals surface area contributed by atoms with Gasteiger partial charge in [-0.15, -0.1) is 10.2 Å². The Morgan fingerprint density at radius 1 is 1.47 bits per heavy atom. The van der Waals surface area contributed by atoms with Gasteiger partial charge in [0.15, 0.2) is 0 Å². The summed E-state index contributed by atoms with van der Waals surface area (Å²) in [7, 11) is -3.87. The van der Waals surface area contributed by atoms with Gasteiger partial charge in [-0.25, -0.2) is 12.8 Å². The van der Waals surface area contributed by atoms with E-state index in [0.29, 0.717) is 0 Å². The highest BCUT2D eigenvalue weighted by molar-refractivity contribution is 7.93. The van der Waals surface area contributed by atoms with Crippen LogP contribution in [0.25, 0.3) is 0 Å². The van der Waals surface area contributed by atoms with Gasteiger partial charge in [0.2, 0.25) is 5.13 Å². The number of hydrogen-bond donors (Lipinski definition) is 2. The number of aromatic nitrogens is 2. The van der Waals surface area contributed by atoms with E-state index in [9.17, 15) is 12.8 Å². The maximum absolute atomic E-state index is 13.6. The number of sulfonamides is 1. The highest BCUT2D eigenvalue weighted by atomic mass is 32.2. The summed E-state index contributed by atoms with van der Waals surface area (Å²) in [5.74, 6) is -0.614. The Bertz CT molecular complexity index is 686. The molecule has 0 bridgehead atoms. The molecule has 0 aliphatic heterocycles. The fourth-order valence-corrected chi connectivity index (χ4v) is 3.30. The molecule has 2 N–H and O–H groups in total. The van der Waals surface area contributed by atoms with Crippen molar-refractivity contribution in [3.05, 3.63) is 34.6 Å². The Morgan fingerprint density at radius 3 is 2.79 bits per heavy atom. The van der Waals surface area contributed by atoms with Crippen LogP contribution in [0.15, 0.2) is 22.5 Å². The maximum Gasteiger partial charge on any atom is 0.263 e. The number of rotatable bonds is 4. The van der Waals surface area contributed by atoms with E-state index in [1.807, 2.05) is 0 Å². The summed E-state index contributed by atoms with van der Waals surface area (Å²) in [6.07, 6.45) is 0. The molecule has 0 spiro atoms. The zero-order valence-electron chi connectivity index (χ0n) is 9.79. The van der Waals surface area contributed by atoms with Gasteiger partial charge in [0.05, 0.1) is 11.5 Å². The lowest BCUT2D eigenvalue weighted by Crippen LogP contribution is -2.14. The first-order valence-corrected chi connectivity index (χ1v) is 7.49. The van der Waals surface area contributed by atoms with Crippen LogP contribution in [0.4, 0.5) is 9.52 Å². The molecule has 0 saturated carbocycles. The predicted octanol–water partition coefficient (Wildman–Crippen LogP) is 1.28. The fourth-order valence-electron chi connectivity index (χ4n) is 1.47. The molecule has 2 rings (SSSR count). The molecule has 2 aromatic rings. The van der Waals surface area contributed by atoms with Gasteiger partial charge in [0.25, 0.3) is 10.0 Å². The first kappa shape index (κ1) is 13.8. The molecule has 0 atom stereocenters. The second kappa shape index (κ2) is 5.19. The van der Waals surface area contributed by atoms with Crippen LogP contribution in [0, 0.1) is 12.7 Å². The van der Waals surface area contributed by atoms with Gasteiger partial charge in [-0.3, -0.25) is 4.72 Å². The van der Waals surface area contributed by atoms with Gasteiger partial charge < -0.3 is 5.11 Å². The van der Waals surface area contributed by atoms with Crippen molar-refractivity contribution in [1.82, 2.24) is 10.2 Å². The average Bonchev–Trinajstić information content (AvgIpc) is 2.84. The van der Waals surface area contributed by atoms with Crippen LogP contribution in [0.2, 0.25) is 0 Å². The Labute approximate surface area is 113 Å². The second-order valence-corrected chi connectivity index (χ2v) is 6.24. The topological polar surface area (TPSA) is 92.2 Å². The number of aliphatic hydroxyl groups is 1. The molecule has 0 unspecified atom stereocenters. The quantitative estimate of drug-likeness (QED) is 0.887. The number of hydrogen-bond acceptors (Lipinski definition) is 6. The number of aliphatic hydroxyl groups excluding tert-OH is 1. The van der Waals surface area contributed by atoms with Crippen LogP contribution in [0.1, 0.15) is 11.1 Å². The molecule has 9 heteroatoms. The lowest BCUT2D eigenvalue weighted by atomic mass is 10.1. The number of aryl methyl sites for hydroxylation is 1. The van der Waals surface area contributed by atoms with Crippen LogP contribution in [-0.2, 0) is 16.6 Å². The molecule has 0 saturated heterocycles. The molecular weight excluding hydrogens is 293 g/mol. The minimum Gasteiger partial charge on any atom is -0.392 e. The molecule has 6 nitrogen and oxygen atoms in total. The Kier molecular flexibility index (Phi) is 3.78. The summed E-state index contributed by atoms with van der Waals surface area (Å²) < 4.78 is 39.9. The van der Waals surface area contributed by atoms with Crippen molar-refractivity contribution in [2.24, 2.45) is 0 Å².